The van der Waals surface area contributed by atoms with Crippen LogP contribution in [0.4, 0.5) is 0 Å². The second kappa shape index (κ2) is 5.49. The first-order valence-electron chi connectivity index (χ1n) is 6.43. The summed E-state index contributed by atoms with van der Waals surface area (Å²) >= 11 is 0. The van der Waals surface area contributed by atoms with E-state index < -0.39 is 12.0 Å². The van der Waals surface area contributed by atoms with E-state index in [1.54, 1.807) is 0 Å². The summed E-state index contributed by atoms with van der Waals surface area (Å²) in [5.74, 6) is -0.871. The molecule has 2 saturated heterocycles. The molecule has 5 heteroatoms. The molecule has 0 spiro atoms. The Kier molecular flexibility index (Phi) is 3.99. The summed E-state index contributed by atoms with van der Waals surface area (Å²) in [7, 11) is 0. The summed E-state index contributed by atoms with van der Waals surface area (Å²) in [5, 5.41) is 9.03. The fourth-order valence-corrected chi connectivity index (χ4v) is 2.70. The van der Waals surface area contributed by atoms with Gasteiger partial charge in [0.15, 0.2) is 0 Å². The standard InChI is InChI=1S/C12H20N2O3/c15-11-5-4-10(12(16)17)14(11)9-8-13-6-2-1-3-7-13/h10H,1-9H2,(H,16,17). The van der Waals surface area contributed by atoms with E-state index >= 15 is 0 Å². The van der Waals surface area contributed by atoms with Crippen LogP contribution in [0.1, 0.15) is 32.1 Å². The Morgan fingerprint density at radius 2 is 1.94 bits per heavy atom. The molecule has 1 atom stereocenters. The number of amides is 1. The number of nitrogens with zero attached hydrogens (tertiary/aromatic N) is 2. The SMILES string of the molecule is O=C(O)C1CCC(=O)N1CCN1CCCCC1. The Morgan fingerprint density at radius 1 is 1.24 bits per heavy atom. The van der Waals surface area contributed by atoms with Crippen molar-refractivity contribution in [2.24, 2.45) is 0 Å². The molecule has 1 unspecified atom stereocenters. The average molecular weight is 240 g/mol. The minimum absolute atomic E-state index is 0.00518. The zero-order chi connectivity index (χ0) is 12.3. The van der Waals surface area contributed by atoms with Crippen LogP contribution < -0.4 is 0 Å². The highest BCUT2D eigenvalue weighted by molar-refractivity contribution is 5.87. The maximum Gasteiger partial charge on any atom is 0.326 e. The fraction of sp³-hybridized carbons (Fsp3) is 0.833. The first-order chi connectivity index (χ1) is 8.18. The van der Waals surface area contributed by atoms with Gasteiger partial charge >= 0.3 is 5.97 Å². The minimum atomic E-state index is -0.866. The minimum Gasteiger partial charge on any atom is -0.480 e. The monoisotopic (exact) mass is 240 g/mol. The van der Waals surface area contributed by atoms with Crippen LogP contribution >= 0.6 is 0 Å². The van der Waals surface area contributed by atoms with Gasteiger partial charge in [0.2, 0.25) is 5.91 Å². The van der Waals surface area contributed by atoms with Gasteiger partial charge in [-0.15, -0.1) is 0 Å². The lowest BCUT2D eigenvalue weighted by Gasteiger charge is -2.29. The number of hydrogen-bond acceptors (Lipinski definition) is 3. The number of carbonyl (C=O) groups is 2. The van der Waals surface area contributed by atoms with Gasteiger partial charge in [-0.25, -0.2) is 4.79 Å². The maximum atomic E-state index is 11.6. The van der Waals surface area contributed by atoms with Crippen molar-refractivity contribution in [1.29, 1.82) is 0 Å². The number of carboxylic acids is 1. The predicted octanol–water partition coefficient (Wildman–Crippen LogP) is 0.548. The molecular weight excluding hydrogens is 220 g/mol. The third kappa shape index (κ3) is 2.97. The molecule has 5 nitrogen and oxygen atoms in total. The van der Waals surface area contributed by atoms with E-state index in [9.17, 15) is 9.59 Å². The molecule has 0 radical (unpaired) electrons. The number of likely N-dealkylation sites (tertiary alicyclic amines) is 2. The molecule has 0 saturated carbocycles. The predicted molar refractivity (Wildman–Crippen MR) is 62.7 cm³/mol. The summed E-state index contributed by atoms with van der Waals surface area (Å²) < 4.78 is 0. The first kappa shape index (κ1) is 12.4. The molecule has 0 aliphatic carbocycles. The van der Waals surface area contributed by atoms with Crippen LogP contribution in [0.3, 0.4) is 0 Å². The number of rotatable bonds is 4. The normalized spacial score (nSPS) is 26.5. The van der Waals surface area contributed by atoms with Gasteiger partial charge in [-0.2, -0.15) is 0 Å². The van der Waals surface area contributed by atoms with Crippen molar-refractivity contribution in [3.8, 4) is 0 Å². The largest absolute Gasteiger partial charge is 0.480 e. The lowest BCUT2D eigenvalue weighted by molar-refractivity contribution is -0.146. The van der Waals surface area contributed by atoms with Gasteiger partial charge in [0.05, 0.1) is 0 Å². The van der Waals surface area contributed by atoms with E-state index in [-0.39, 0.29) is 5.91 Å². The highest BCUT2D eigenvalue weighted by atomic mass is 16.4. The lowest BCUT2D eigenvalue weighted by atomic mass is 10.1. The van der Waals surface area contributed by atoms with Crippen LogP contribution in [0.2, 0.25) is 0 Å². The molecule has 2 fully saturated rings. The van der Waals surface area contributed by atoms with Crippen LogP contribution in [-0.2, 0) is 9.59 Å². The smallest absolute Gasteiger partial charge is 0.326 e. The van der Waals surface area contributed by atoms with Gasteiger partial charge in [-0.05, 0) is 32.4 Å². The Bertz CT molecular complexity index is 300. The quantitative estimate of drug-likeness (QED) is 0.779. The van der Waals surface area contributed by atoms with Gasteiger partial charge in [-0.3, -0.25) is 4.79 Å². The molecule has 2 heterocycles. The molecule has 2 rings (SSSR count). The van der Waals surface area contributed by atoms with Gasteiger partial charge in [-0.1, -0.05) is 6.42 Å². The van der Waals surface area contributed by atoms with Crippen LogP contribution in [-0.4, -0.2) is 59.0 Å². The Morgan fingerprint density at radius 3 is 2.59 bits per heavy atom. The first-order valence-corrected chi connectivity index (χ1v) is 6.43. The summed E-state index contributed by atoms with van der Waals surface area (Å²) in [6.45, 7) is 3.55. The van der Waals surface area contributed by atoms with Gasteiger partial charge in [0, 0.05) is 19.5 Å². The van der Waals surface area contributed by atoms with Crippen LogP contribution in [0.15, 0.2) is 0 Å². The number of carboxylic acid groups (broad SMARTS) is 1. The zero-order valence-electron chi connectivity index (χ0n) is 10.1. The van der Waals surface area contributed by atoms with Crippen molar-refractivity contribution in [3.05, 3.63) is 0 Å². The number of hydrogen-bond donors (Lipinski definition) is 1. The molecule has 1 amide bonds. The molecule has 0 bridgehead atoms. The van der Waals surface area contributed by atoms with Gasteiger partial charge < -0.3 is 14.9 Å². The van der Waals surface area contributed by atoms with Crippen molar-refractivity contribution in [3.63, 3.8) is 0 Å². The fourth-order valence-electron chi connectivity index (χ4n) is 2.70. The van der Waals surface area contributed by atoms with E-state index in [4.69, 9.17) is 5.11 Å². The Balaban J connectivity index is 1.83. The Hall–Kier alpha value is -1.10. The van der Waals surface area contributed by atoms with Crippen molar-refractivity contribution < 1.29 is 14.7 Å². The average Bonchev–Trinajstić information content (AvgIpc) is 2.69. The maximum absolute atomic E-state index is 11.6. The summed E-state index contributed by atoms with van der Waals surface area (Å²) in [5.41, 5.74) is 0. The molecular formula is C12H20N2O3. The van der Waals surface area contributed by atoms with Crippen LogP contribution in [0, 0.1) is 0 Å². The van der Waals surface area contributed by atoms with Gasteiger partial charge in [0.25, 0.3) is 0 Å². The molecule has 0 aromatic rings. The highest BCUT2D eigenvalue weighted by Gasteiger charge is 2.35. The third-order valence-electron chi connectivity index (χ3n) is 3.72. The number of aliphatic carboxylic acids is 1. The molecule has 17 heavy (non-hydrogen) atoms. The topological polar surface area (TPSA) is 60.9 Å². The third-order valence-corrected chi connectivity index (χ3v) is 3.72. The van der Waals surface area contributed by atoms with Gasteiger partial charge in [0.1, 0.15) is 6.04 Å². The van der Waals surface area contributed by atoms with E-state index in [1.807, 2.05) is 0 Å². The molecule has 2 aliphatic heterocycles. The summed E-state index contributed by atoms with van der Waals surface area (Å²) in [6, 6.07) is -0.590. The van der Waals surface area contributed by atoms with Crippen LogP contribution in [0.25, 0.3) is 0 Å². The Labute approximate surface area is 101 Å². The highest BCUT2D eigenvalue weighted by Crippen LogP contribution is 2.19. The van der Waals surface area contributed by atoms with E-state index in [2.05, 4.69) is 4.90 Å². The molecule has 1 N–H and O–H groups in total. The van der Waals surface area contributed by atoms with Crippen molar-refractivity contribution in [2.75, 3.05) is 26.2 Å². The number of piperidine rings is 1. The van der Waals surface area contributed by atoms with Crippen molar-refractivity contribution in [1.82, 2.24) is 9.80 Å². The van der Waals surface area contributed by atoms with Crippen molar-refractivity contribution in [2.45, 2.75) is 38.1 Å². The number of carbonyl (C=O) groups excluding carboxylic acids is 1. The van der Waals surface area contributed by atoms with E-state index in [1.165, 1.54) is 24.2 Å². The van der Waals surface area contributed by atoms with Crippen molar-refractivity contribution >= 4 is 11.9 Å². The van der Waals surface area contributed by atoms with E-state index in [0.29, 0.717) is 19.4 Å². The second-order valence-corrected chi connectivity index (χ2v) is 4.88. The molecule has 96 valence electrons. The zero-order valence-corrected chi connectivity index (χ0v) is 10.1. The second-order valence-electron chi connectivity index (χ2n) is 4.88. The molecule has 2 aliphatic rings. The molecule has 0 aromatic heterocycles. The van der Waals surface area contributed by atoms with Crippen LogP contribution in [0.5, 0.6) is 0 Å². The summed E-state index contributed by atoms with van der Waals surface area (Å²) in [4.78, 5) is 26.5. The lowest BCUT2D eigenvalue weighted by Crippen LogP contribution is -2.44. The molecule has 0 aromatic carbocycles. The summed E-state index contributed by atoms with van der Waals surface area (Å²) in [6.07, 6.45) is 4.58. The van der Waals surface area contributed by atoms with E-state index in [0.717, 1.165) is 19.6 Å².